The Morgan fingerprint density at radius 2 is 1.74 bits per heavy atom. The van der Waals surface area contributed by atoms with Crippen LogP contribution >= 0.6 is 0 Å². The molecule has 0 saturated carbocycles. The van der Waals surface area contributed by atoms with E-state index in [1.54, 1.807) is 13.2 Å². The number of aromatic hydroxyl groups is 1. The summed E-state index contributed by atoms with van der Waals surface area (Å²) in [4.78, 5) is 11.9. The molecule has 6 heteroatoms. The average molecular weight is 467 g/mol. The lowest BCUT2D eigenvalue weighted by atomic mass is 10.1. The maximum absolute atomic E-state index is 10.5. The van der Waals surface area contributed by atoms with Crippen LogP contribution in [0.3, 0.4) is 0 Å². The minimum Gasteiger partial charge on any atom is -0.508 e. The van der Waals surface area contributed by atoms with Crippen LogP contribution in [0.4, 0.5) is 11.5 Å². The summed E-state index contributed by atoms with van der Waals surface area (Å²) in [6.07, 6.45) is 7.64. The van der Waals surface area contributed by atoms with Crippen molar-refractivity contribution in [3.63, 3.8) is 0 Å². The molecule has 5 rings (SSSR count). The zero-order valence-electron chi connectivity index (χ0n) is 19.9. The first kappa shape index (κ1) is 22.9. The van der Waals surface area contributed by atoms with Crippen molar-refractivity contribution in [2.24, 2.45) is 0 Å². The van der Waals surface area contributed by atoms with Crippen LogP contribution in [0.5, 0.6) is 11.5 Å². The standard InChI is InChI=1S/C29H30N4O2/c1-35-24-13-9-21(10-14-24)11-16-28-31-26-8-4-3-7-25(26)29(32-28)30-23-12-15-27(34)22(19-23)20-33-17-5-2-6-18-33/h3-4,7-16,19,34H,2,5-6,17-18,20H2,1H3,(H,30,31,32)/b16-11+. The van der Waals surface area contributed by atoms with Crippen molar-refractivity contribution in [2.75, 3.05) is 25.5 Å². The van der Waals surface area contributed by atoms with Crippen LogP contribution in [-0.2, 0) is 6.54 Å². The van der Waals surface area contributed by atoms with Gasteiger partial charge in [0.15, 0.2) is 5.82 Å². The first-order valence-electron chi connectivity index (χ1n) is 12.1. The Kier molecular flexibility index (Phi) is 6.91. The lowest BCUT2D eigenvalue weighted by molar-refractivity contribution is 0.218. The topological polar surface area (TPSA) is 70.5 Å². The maximum atomic E-state index is 10.5. The molecule has 0 aliphatic carbocycles. The van der Waals surface area contributed by atoms with E-state index in [1.165, 1.54) is 19.3 Å². The minimum atomic E-state index is 0.330. The van der Waals surface area contributed by atoms with Gasteiger partial charge in [0.05, 0.1) is 12.6 Å². The first-order chi connectivity index (χ1) is 17.2. The fourth-order valence-corrected chi connectivity index (χ4v) is 4.44. The minimum absolute atomic E-state index is 0.330. The average Bonchev–Trinajstić information content (AvgIpc) is 2.90. The number of ether oxygens (including phenoxy) is 1. The number of hydrogen-bond donors (Lipinski definition) is 2. The first-order valence-corrected chi connectivity index (χ1v) is 12.1. The number of phenols is 1. The Morgan fingerprint density at radius 3 is 2.54 bits per heavy atom. The second kappa shape index (κ2) is 10.6. The van der Waals surface area contributed by atoms with Crippen LogP contribution < -0.4 is 10.1 Å². The molecule has 1 aliphatic heterocycles. The summed E-state index contributed by atoms with van der Waals surface area (Å²) in [7, 11) is 1.66. The summed E-state index contributed by atoms with van der Waals surface area (Å²) >= 11 is 0. The second-order valence-corrected chi connectivity index (χ2v) is 8.86. The highest BCUT2D eigenvalue weighted by molar-refractivity contribution is 5.91. The van der Waals surface area contributed by atoms with E-state index in [-0.39, 0.29) is 0 Å². The van der Waals surface area contributed by atoms with Crippen LogP contribution in [0.25, 0.3) is 23.1 Å². The molecule has 35 heavy (non-hydrogen) atoms. The summed E-state index contributed by atoms with van der Waals surface area (Å²) in [5, 5.41) is 14.9. The number of hydrogen-bond acceptors (Lipinski definition) is 6. The highest BCUT2D eigenvalue weighted by Gasteiger charge is 2.14. The molecular formula is C29H30N4O2. The van der Waals surface area contributed by atoms with Gasteiger partial charge in [-0.15, -0.1) is 0 Å². The highest BCUT2D eigenvalue weighted by atomic mass is 16.5. The molecule has 2 N–H and O–H groups in total. The van der Waals surface area contributed by atoms with Crippen LogP contribution in [0.1, 0.15) is 36.2 Å². The van der Waals surface area contributed by atoms with Gasteiger partial charge in [0.1, 0.15) is 17.3 Å². The molecule has 0 bridgehead atoms. The van der Waals surface area contributed by atoms with Gasteiger partial charge in [0, 0.05) is 23.2 Å². The molecular weight excluding hydrogens is 436 g/mol. The summed E-state index contributed by atoms with van der Waals surface area (Å²) in [6, 6.07) is 21.5. The fourth-order valence-electron chi connectivity index (χ4n) is 4.44. The van der Waals surface area contributed by atoms with Crippen LogP contribution in [0.15, 0.2) is 66.7 Å². The number of benzene rings is 3. The number of likely N-dealkylation sites (tertiary alicyclic amines) is 1. The van der Waals surface area contributed by atoms with E-state index in [0.717, 1.165) is 58.9 Å². The Labute approximate surface area is 205 Å². The number of phenolic OH excluding ortho intramolecular Hbond substituents is 1. The van der Waals surface area contributed by atoms with Crippen molar-refractivity contribution < 1.29 is 9.84 Å². The molecule has 2 heterocycles. The van der Waals surface area contributed by atoms with Crippen molar-refractivity contribution in [2.45, 2.75) is 25.8 Å². The van der Waals surface area contributed by atoms with Gasteiger partial charge in [-0.2, -0.15) is 0 Å². The molecule has 0 radical (unpaired) electrons. The van der Waals surface area contributed by atoms with E-state index in [2.05, 4.69) is 10.2 Å². The number of nitrogens with zero attached hydrogens (tertiary/aromatic N) is 3. The SMILES string of the molecule is COc1ccc(/C=C/c2nc(Nc3ccc(O)c(CN4CCCCC4)c3)c3ccccc3n2)cc1. The van der Waals surface area contributed by atoms with Gasteiger partial charge >= 0.3 is 0 Å². The molecule has 3 aromatic carbocycles. The number of aromatic nitrogens is 2. The van der Waals surface area contributed by atoms with Crippen LogP contribution in [-0.4, -0.2) is 40.2 Å². The van der Waals surface area contributed by atoms with Gasteiger partial charge in [-0.3, -0.25) is 4.90 Å². The lowest BCUT2D eigenvalue weighted by Gasteiger charge is -2.26. The summed E-state index contributed by atoms with van der Waals surface area (Å²) < 4.78 is 5.24. The molecule has 0 amide bonds. The molecule has 0 unspecified atom stereocenters. The van der Waals surface area contributed by atoms with Crippen molar-refractivity contribution >= 4 is 34.6 Å². The number of piperidine rings is 1. The molecule has 4 aromatic rings. The van der Waals surface area contributed by atoms with Gasteiger partial charge in [-0.25, -0.2) is 9.97 Å². The predicted octanol–water partition coefficient (Wildman–Crippen LogP) is 6.24. The van der Waals surface area contributed by atoms with Gasteiger partial charge in [-0.1, -0.05) is 36.8 Å². The Bertz CT molecular complexity index is 1330. The van der Waals surface area contributed by atoms with E-state index < -0.39 is 0 Å². The van der Waals surface area contributed by atoms with Crippen molar-refractivity contribution in [3.8, 4) is 11.5 Å². The summed E-state index contributed by atoms with van der Waals surface area (Å²) in [5.74, 6) is 2.51. The van der Waals surface area contributed by atoms with Gasteiger partial charge in [0.25, 0.3) is 0 Å². The number of anilines is 2. The third-order valence-corrected chi connectivity index (χ3v) is 6.35. The third-order valence-electron chi connectivity index (χ3n) is 6.35. The number of rotatable bonds is 7. The van der Waals surface area contributed by atoms with Gasteiger partial charge in [0.2, 0.25) is 0 Å². The van der Waals surface area contributed by atoms with E-state index in [4.69, 9.17) is 14.7 Å². The third kappa shape index (κ3) is 5.61. The normalized spacial score (nSPS) is 14.4. The molecule has 1 aromatic heterocycles. The van der Waals surface area contributed by atoms with Crippen molar-refractivity contribution in [1.82, 2.24) is 14.9 Å². The predicted molar refractivity (Wildman–Crippen MR) is 142 cm³/mol. The van der Waals surface area contributed by atoms with E-state index in [1.807, 2.05) is 72.8 Å². The monoisotopic (exact) mass is 466 g/mol. The number of para-hydroxylation sites is 1. The highest BCUT2D eigenvalue weighted by Crippen LogP contribution is 2.29. The van der Waals surface area contributed by atoms with Gasteiger partial charge < -0.3 is 15.2 Å². The van der Waals surface area contributed by atoms with Crippen LogP contribution in [0, 0.1) is 0 Å². The number of nitrogens with one attached hydrogen (secondary N) is 1. The molecule has 0 spiro atoms. The summed E-state index contributed by atoms with van der Waals surface area (Å²) in [5.41, 5.74) is 3.73. The molecule has 178 valence electrons. The lowest BCUT2D eigenvalue weighted by Crippen LogP contribution is -2.29. The second-order valence-electron chi connectivity index (χ2n) is 8.86. The Balaban J connectivity index is 1.42. The molecule has 1 saturated heterocycles. The molecule has 1 aliphatic rings. The van der Waals surface area contributed by atoms with E-state index in [9.17, 15) is 5.11 Å². The molecule has 1 fully saturated rings. The van der Waals surface area contributed by atoms with Crippen molar-refractivity contribution in [3.05, 3.63) is 83.7 Å². The summed E-state index contributed by atoms with van der Waals surface area (Å²) in [6.45, 7) is 2.91. The number of methoxy groups -OCH3 is 1. The zero-order valence-corrected chi connectivity index (χ0v) is 19.9. The van der Waals surface area contributed by atoms with Crippen molar-refractivity contribution in [1.29, 1.82) is 0 Å². The fraction of sp³-hybridized carbons (Fsp3) is 0.241. The molecule has 0 atom stereocenters. The zero-order chi connectivity index (χ0) is 24.0. The van der Waals surface area contributed by atoms with E-state index in [0.29, 0.717) is 11.6 Å². The largest absolute Gasteiger partial charge is 0.508 e. The Morgan fingerprint density at radius 1 is 0.943 bits per heavy atom. The number of fused-ring (bicyclic) bond motifs is 1. The smallest absolute Gasteiger partial charge is 0.154 e. The molecule has 6 nitrogen and oxygen atoms in total. The van der Waals surface area contributed by atoms with E-state index >= 15 is 0 Å². The van der Waals surface area contributed by atoms with Crippen LogP contribution in [0.2, 0.25) is 0 Å². The quantitative estimate of drug-likeness (QED) is 0.314. The van der Waals surface area contributed by atoms with Gasteiger partial charge in [-0.05, 0) is 80.0 Å². The maximum Gasteiger partial charge on any atom is 0.154 e. The Hall–Kier alpha value is -3.90.